The molecule has 0 bridgehead atoms. The normalized spacial score (nSPS) is 15.8. The number of allylic oxidation sites excluding steroid dienone is 2. The van der Waals surface area contributed by atoms with Crippen LogP contribution < -0.4 is 0 Å². The Kier molecular flexibility index (Phi) is 3.44. The molecule has 0 saturated heterocycles. The molecular formula is C13H13BrO2. The zero-order valence-electron chi connectivity index (χ0n) is 9.13. The largest absolute Gasteiger partial charge is 0.493 e. The van der Waals surface area contributed by atoms with Crippen molar-refractivity contribution >= 4 is 21.7 Å². The minimum atomic E-state index is 0.210. The van der Waals surface area contributed by atoms with Crippen molar-refractivity contribution in [2.45, 2.75) is 26.4 Å². The first-order chi connectivity index (χ1) is 7.68. The Labute approximate surface area is 103 Å². The summed E-state index contributed by atoms with van der Waals surface area (Å²) in [6, 6.07) is 7.94. The van der Waals surface area contributed by atoms with Gasteiger partial charge in [-0.2, -0.15) is 0 Å². The lowest BCUT2D eigenvalue weighted by Gasteiger charge is -2.09. The van der Waals surface area contributed by atoms with Crippen LogP contribution in [-0.4, -0.2) is 5.78 Å². The predicted molar refractivity (Wildman–Crippen MR) is 65.9 cm³/mol. The zero-order valence-corrected chi connectivity index (χ0v) is 10.7. The highest BCUT2D eigenvalue weighted by Gasteiger charge is 2.20. The SMILES string of the molecule is CC1=C(OCc2ccccc2Br)CCC1=O. The second-order valence-corrected chi connectivity index (χ2v) is 4.71. The first-order valence-corrected chi connectivity index (χ1v) is 6.07. The molecule has 1 aromatic rings. The molecule has 2 nitrogen and oxygen atoms in total. The molecule has 1 aliphatic carbocycles. The van der Waals surface area contributed by atoms with Crippen molar-refractivity contribution < 1.29 is 9.53 Å². The van der Waals surface area contributed by atoms with Gasteiger partial charge in [0.1, 0.15) is 12.4 Å². The number of benzene rings is 1. The Bertz CT molecular complexity index is 449. The molecule has 0 unspecified atom stereocenters. The Hall–Kier alpha value is -1.09. The maximum Gasteiger partial charge on any atom is 0.162 e. The van der Waals surface area contributed by atoms with Gasteiger partial charge in [0.2, 0.25) is 0 Å². The molecule has 0 aromatic heterocycles. The third-order valence-electron chi connectivity index (χ3n) is 2.78. The van der Waals surface area contributed by atoms with Crippen LogP contribution in [0.15, 0.2) is 40.1 Å². The fourth-order valence-electron chi connectivity index (χ4n) is 1.72. The maximum atomic E-state index is 11.3. The first kappa shape index (κ1) is 11.4. The van der Waals surface area contributed by atoms with E-state index in [1.165, 1.54) is 0 Å². The Balaban J connectivity index is 2.04. The number of hydrogen-bond donors (Lipinski definition) is 0. The summed E-state index contributed by atoms with van der Waals surface area (Å²) < 4.78 is 6.72. The number of carbonyl (C=O) groups excluding carboxylic acids is 1. The molecule has 0 amide bonds. The number of Topliss-reactive ketones (excluding diaryl/α,β-unsaturated/α-hetero) is 1. The van der Waals surface area contributed by atoms with Crippen LogP contribution in [0, 0.1) is 0 Å². The van der Waals surface area contributed by atoms with Gasteiger partial charge in [-0.1, -0.05) is 34.1 Å². The molecule has 0 aliphatic heterocycles. The molecule has 0 radical (unpaired) electrons. The second kappa shape index (κ2) is 4.83. The highest BCUT2D eigenvalue weighted by Crippen LogP contribution is 2.25. The average Bonchev–Trinajstić information content (AvgIpc) is 2.59. The van der Waals surface area contributed by atoms with Crippen LogP contribution in [0.25, 0.3) is 0 Å². The molecule has 16 heavy (non-hydrogen) atoms. The summed E-state index contributed by atoms with van der Waals surface area (Å²) in [7, 11) is 0. The monoisotopic (exact) mass is 280 g/mol. The molecule has 0 fully saturated rings. The number of hydrogen-bond acceptors (Lipinski definition) is 2. The quantitative estimate of drug-likeness (QED) is 0.846. The molecule has 1 aromatic carbocycles. The number of ether oxygens (including phenoxy) is 1. The van der Waals surface area contributed by atoms with Gasteiger partial charge in [-0.25, -0.2) is 0 Å². The summed E-state index contributed by atoms with van der Waals surface area (Å²) >= 11 is 3.47. The van der Waals surface area contributed by atoms with Gasteiger partial charge in [0, 0.05) is 28.5 Å². The lowest BCUT2D eigenvalue weighted by Crippen LogP contribution is -1.95. The number of ketones is 1. The maximum absolute atomic E-state index is 11.3. The van der Waals surface area contributed by atoms with Gasteiger partial charge in [0.25, 0.3) is 0 Å². The van der Waals surface area contributed by atoms with E-state index in [-0.39, 0.29) is 5.78 Å². The summed E-state index contributed by atoms with van der Waals surface area (Å²) in [5.41, 5.74) is 1.88. The average molecular weight is 281 g/mol. The van der Waals surface area contributed by atoms with Crippen molar-refractivity contribution in [1.82, 2.24) is 0 Å². The minimum absolute atomic E-state index is 0.210. The second-order valence-electron chi connectivity index (χ2n) is 3.85. The van der Waals surface area contributed by atoms with E-state index in [1.54, 1.807) is 0 Å². The van der Waals surface area contributed by atoms with Crippen LogP contribution in [0.1, 0.15) is 25.3 Å². The van der Waals surface area contributed by atoms with Crippen LogP contribution in [0.2, 0.25) is 0 Å². The molecule has 0 N–H and O–H groups in total. The van der Waals surface area contributed by atoms with Gasteiger partial charge in [0.15, 0.2) is 5.78 Å². The van der Waals surface area contributed by atoms with Crippen LogP contribution >= 0.6 is 15.9 Å². The summed E-state index contributed by atoms with van der Waals surface area (Å²) in [5.74, 6) is 1.06. The predicted octanol–water partition coefficient (Wildman–Crippen LogP) is 3.60. The van der Waals surface area contributed by atoms with Crippen molar-refractivity contribution in [3.05, 3.63) is 45.6 Å². The van der Waals surface area contributed by atoms with Crippen molar-refractivity contribution in [3.63, 3.8) is 0 Å². The van der Waals surface area contributed by atoms with E-state index in [0.717, 1.165) is 27.8 Å². The van der Waals surface area contributed by atoms with E-state index < -0.39 is 0 Å². The van der Waals surface area contributed by atoms with E-state index in [1.807, 2.05) is 31.2 Å². The van der Waals surface area contributed by atoms with Gasteiger partial charge < -0.3 is 4.74 Å². The molecular weight excluding hydrogens is 268 g/mol. The molecule has 3 heteroatoms. The first-order valence-electron chi connectivity index (χ1n) is 5.27. The van der Waals surface area contributed by atoms with Crippen molar-refractivity contribution in [2.75, 3.05) is 0 Å². The Morgan fingerprint density at radius 1 is 1.31 bits per heavy atom. The molecule has 1 aliphatic rings. The van der Waals surface area contributed by atoms with Crippen molar-refractivity contribution in [1.29, 1.82) is 0 Å². The Morgan fingerprint density at radius 2 is 2.06 bits per heavy atom. The third-order valence-corrected chi connectivity index (χ3v) is 3.55. The van der Waals surface area contributed by atoms with Gasteiger partial charge in [0.05, 0.1) is 0 Å². The Morgan fingerprint density at radius 3 is 2.69 bits per heavy atom. The van der Waals surface area contributed by atoms with E-state index in [9.17, 15) is 4.79 Å². The van der Waals surface area contributed by atoms with Gasteiger partial charge in [-0.05, 0) is 13.0 Å². The van der Waals surface area contributed by atoms with Crippen molar-refractivity contribution in [2.24, 2.45) is 0 Å². The summed E-state index contributed by atoms with van der Waals surface area (Å²) in [6.45, 7) is 2.35. The molecule has 0 atom stereocenters. The van der Waals surface area contributed by atoms with Gasteiger partial charge >= 0.3 is 0 Å². The van der Waals surface area contributed by atoms with Gasteiger partial charge in [-0.3, -0.25) is 4.79 Å². The number of halogens is 1. The molecule has 84 valence electrons. The van der Waals surface area contributed by atoms with Crippen molar-refractivity contribution in [3.8, 4) is 0 Å². The topological polar surface area (TPSA) is 26.3 Å². The minimum Gasteiger partial charge on any atom is -0.493 e. The summed E-state index contributed by atoms with van der Waals surface area (Å²) in [5, 5.41) is 0. The smallest absolute Gasteiger partial charge is 0.162 e. The lowest BCUT2D eigenvalue weighted by atomic mass is 10.2. The zero-order chi connectivity index (χ0) is 11.5. The van der Waals surface area contributed by atoms with E-state index in [2.05, 4.69) is 15.9 Å². The van der Waals surface area contributed by atoms with E-state index in [4.69, 9.17) is 4.74 Å². The molecule has 0 spiro atoms. The molecule has 0 saturated carbocycles. The van der Waals surface area contributed by atoms with E-state index in [0.29, 0.717) is 13.0 Å². The standard InChI is InChI=1S/C13H13BrO2/c1-9-12(15)6-7-13(9)16-8-10-4-2-3-5-11(10)14/h2-5H,6-8H2,1H3. The number of carbonyl (C=O) groups is 1. The van der Waals surface area contributed by atoms with Crippen LogP contribution in [0.4, 0.5) is 0 Å². The highest BCUT2D eigenvalue weighted by molar-refractivity contribution is 9.10. The van der Waals surface area contributed by atoms with Crippen LogP contribution in [0.3, 0.4) is 0 Å². The fraction of sp³-hybridized carbons (Fsp3) is 0.308. The fourth-order valence-corrected chi connectivity index (χ4v) is 2.12. The summed E-state index contributed by atoms with van der Waals surface area (Å²) in [6.07, 6.45) is 1.34. The molecule has 0 heterocycles. The van der Waals surface area contributed by atoms with Crippen LogP contribution in [-0.2, 0) is 16.1 Å². The van der Waals surface area contributed by atoms with E-state index >= 15 is 0 Å². The lowest BCUT2D eigenvalue weighted by molar-refractivity contribution is -0.114. The third kappa shape index (κ3) is 2.35. The summed E-state index contributed by atoms with van der Waals surface area (Å²) in [4.78, 5) is 11.3. The van der Waals surface area contributed by atoms with Crippen LogP contribution in [0.5, 0.6) is 0 Å². The van der Waals surface area contributed by atoms with Gasteiger partial charge in [-0.15, -0.1) is 0 Å². The molecule has 2 rings (SSSR count). The highest BCUT2D eigenvalue weighted by atomic mass is 79.9. The number of rotatable bonds is 3.